The number of ketones is 1. The maximum atomic E-state index is 13.0. The third kappa shape index (κ3) is 4.08. The minimum absolute atomic E-state index is 0.0859. The summed E-state index contributed by atoms with van der Waals surface area (Å²) in [7, 11) is 0. The number of allylic oxidation sites excluding steroid dienone is 1. The number of nitrogens with zero attached hydrogens (tertiary/aromatic N) is 2. The molecule has 1 aliphatic carbocycles. The van der Waals surface area contributed by atoms with Crippen molar-refractivity contribution in [1.29, 1.82) is 5.26 Å². The van der Waals surface area contributed by atoms with Crippen LogP contribution in [0.5, 0.6) is 0 Å². The molecule has 3 nitrogen and oxygen atoms in total. The van der Waals surface area contributed by atoms with E-state index < -0.39 is 5.41 Å². The van der Waals surface area contributed by atoms with Gasteiger partial charge < -0.3 is 0 Å². The highest BCUT2D eigenvalue weighted by Gasteiger charge is 2.36. The van der Waals surface area contributed by atoms with Crippen LogP contribution in [0.25, 0.3) is 6.08 Å². The lowest BCUT2D eigenvalue weighted by Gasteiger charge is -2.33. The molecule has 3 heteroatoms. The number of fused-ring (bicyclic) bond motifs is 1. The number of hydrogen-bond donors (Lipinski definition) is 0. The molecule has 0 amide bonds. The molecule has 1 saturated heterocycles. The number of likely N-dealkylation sites (tertiary alicyclic amines) is 1. The van der Waals surface area contributed by atoms with E-state index in [4.69, 9.17) is 0 Å². The molecule has 2 aromatic rings. The van der Waals surface area contributed by atoms with Gasteiger partial charge in [0.05, 0.1) is 11.5 Å². The van der Waals surface area contributed by atoms with E-state index in [1.807, 2.05) is 30.4 Å². The SMILES string of the molecule is N#CC1(CC(=O)C2CCN(Cc3ccccc3)CC2)C=Cc2ccccc2C1. The Balaban J connectivity index is 1.35. The second kappa shape index (κ2) is 8.12. The summed E-state index contributed by atoms with van der Waals surface area (Å²) in [5.74, 6) is 0.341. The minimum atomic E-state index is -0.688. The fraction of sp³-hybridized carbons (Fsp3) is 0.360. The van der Waals surface area contributed by atoms with Crippen molar-refractivity contribution in [2.45, 2.75) is 32.2 Å². The van der Waals surface area contributed by atoms with Gasteiger partial charge in [0, 0.05) is 18.9 Å². The van der Waals surface area contributed by atoms with E-state index in [-0.39, 0.29) is 11.7 Å². The molecule has 0 radical (unpaired) electrons. The summed E-state index contributed by atoms with van der Waals surface area (Å²) in [6.45, 7) is 2.84. The number of Topliss-reactive ketones (excluding diaryl/α,β-unsaturated/α-hetero) is 1. The first kappa shape index (κ1) is 18.7. The van der Waals surface area contributed by atoms with Gasteiger partial charge in [-0.1, -0.05) is 66.7 Å². The summed E-state index contributed by atoms with van der Waals surface area (Å²) in [5, 5.41) is 9.86. The zero-order chi connectivity index (χ0) is 19.4. The molecule has 4 rings (SSSR count). The molecule has 0 spiro atoms. The van der Waals surface area contributed by atoms with Crippen LogP contribution < -0.4 is 0 Å². The van der Waals surface area contributed by atoms with Crippen LogP contribution in [0, 0.1) is 22.7 Å². The lowest BCUT2D eigenvalue weighted by atomic mass is 9.72. The van der Waals surface area contributed by atoms with Crippen LogP contribution >= 0.6 is 0 Å². The van der Waals surface area contributed by atoms with E-state index >= 15 is 0 Å². The number of piperidine rings is 1. The Bertz CT molecular complexity index is 904. The lowest BCUT2D eigenvalue weighted by Crippen LogP contribution is -2.37. The van der Waals surface area contributed by atoms with Crippen molar-refractivity contribution >= 4 is 11.9 Å². The largest absolute Gasteiger partial charge is 0.299 e. The van der Waals surface area contributed by atoms with Crippen molar-refractivity contribution in [3.63, 3.8) is 0 Å². The Morgan fingerprint density at radius 2 is 1.79 bits per heavy atom. The predicted molar refractivity (Wildman–Crippen MR) is 111 cm³/mol. The van der Waals surface area contributed by atoms with Crippen LogP contribution in [-0.2, 0) is 17.8 Å². The highest BCUT2D eigenvalue weighted by atomic mass is 16.1. The molecule has 1 aliphatic heterocycles. The van der Waals surface area contributed by atoms with Crippen molar-refractivity contribution in [2.75, 3.05) is 13.1 Å². The zero-order valence-corrected chi connectivity index (χ0v) is 16.2. The van der Waals surface area contributed by atoms with Crippen LogP contribution in [0.2, 0.25) is 0 Å². The van der Waals surface area contributed by atoms with Gasteiger partial charge in [0.15, 0.2) is 0 Å². The summed E-state index contributed by atoms with van der Waals surface area (Å²) in [6.07, 6.45) is 6.73. The third-order valence-electron chi connectivity index (χ3n) is 6.15. The average Bonchev–Trinajstić information content (AvgIpc) is 2.75. The molecule has 2 aliphatic rings. The molecule has 1 unspecified atom stereocenters. The van der Waals surface area contributed by atoms with Crippen LogP contribution in [0.1, 0.15) is 36.0 Å². The second-order valence-electron chi connectivity index (χ2n) is 8.16. The molecule has 0 N–H and O–H groups in total. The zero-order valence-electron chi connectivity index (χ0n) is 16.2. The van der Waals surface area contributed by atoms with E-state index in [1.165, 1.54) is 5.56 Å². The van der Waals surface area contributed by atoms with Gasteiger partial charge in [0.25, 0.3) is 0 Å². The Labute approximate surface area is 167 Å². The molecule has 1 heterocycles. The highest BCUT2D eigenvalue weighted by Crippen LogP contribution is 2.37. The van der Waals surface area contributed by atoms with Crippen molar-refractivity contribution in [3.8, 4) is 6.07 Å². The molecule has 1 atom stereocenters. The number of nitriles is 1. The van der Waals surface area contributed by atoms with Gasteiger partial charge in [-0.2, -0.15) is 5.26 Å². The normalized spacial score (nSPS) is 22.4. The summed E-state index contributed by atoms with van der Waals surface area (Å²) in [5.41, 5.74) is 2.96. The standard InChI is InChI=1S/C25H26N2O/c26-19-25(13-10-21-8-4-5-9-23(21)16-25)17-24(28)22-11-14-27(15-12-22)18-20-6-2-1-3-7-20/h1-10,13,22H,11-12,14-18H2. The van der Waals surface area contributed by atoms with E-state index in [2.05, 4.69) is 47.4 Å². The first-order chi connectivity index (χ1) is 13.7. The Kier molecular flexibility index (Phi) is 5.41. The number of carbonyl (C=O) groups excluding carboxylic acids is 1. The molecular weight excluding hydrogens is 344 g/mol. The summed E-state index contributed by atoms with van der Waals surface area (Å²) >= 11 is 0. The van der Waals surface area contributed by atoms with Crippen molar-refractivity contribution in [2.24, 2.45) is 11.3 Å². The van der Waals surface area contributed by atoms with Crippen molar-refractivity contribution in [3.05, 3.63) is 77.4 Å². The van der Waals surface area contributed by atoms with Crippen molar-refractivity contribution in [1.82, 2.24) is 4.90 Å². The Morgan fingerprint density at radius 1 is 1.07 bits per heavy atom. The van der Waals surface area contributed by atoms with Gasteiger partial charge in [0.2, 0.25) is 0 Å². The van der Waals surface area contributed by atoms with Gasteiger partial charge in [0.1, 0.15) is 5.78 Å². The van der Waals surface area contributed by atoms with Crippen LogP contribution in [0.15, 0.2) is 60.7 Å². The van der Waals surface area contributed by atoms with Gasteiger partial charge in [-0.3, -0.25) is 9.69 Å². The minimum Gasteiger partial charge on any atom is -0.299 e. The number of hydrogen-bond acceptors (Lipinski definition) is 3. The molecule has 0 bridgehead atoms. The molecule has 2 aromatic carbocycles. The molecule has 28 heavy (non-hydrogen) atoms. The van der Waals surface area contributed by atoms with E-state index in [0.717, 1.165) is 43.6 Å². The molecule has 142 valence electrons. The van der Waals surface area contributed by atoms with E-state index in [9.17, 15) is 10.1 Å². The summed E-state index contributed by atoms with van der Waals surface area (Å²) in [6, 6.07) is 21.1. The third-order valence-corrected chi connectivity index (χ3v) is 6.15. The Hall–Kier alpha value is -2.70. The second-order valence-corrected chi connectivity index (χ2v) is 8.16. The quantitative estimate of drug-likeness (QED) is 0.770. The number of carbonyl (C=O) groups is 1. The molecule has 0 aromatic heterocycles. The topological polar surface area (TPSA) is 44.1 Å². The lowest BCUT2D eigenvalue weighted by molar-refractivity contribution is -0.125. The van der Waals surface area contributed by atoms with Crippen LogP contribution in [0.3, 0.4) is 0 Å². The van der Waals surface area contributed by atoms with Gasteiger partial charge >= 0.3 is 0 Å². The summed E-state index contributed by atoms with van der Waals surface area (Å²) in [4.78, 5) is 15.4. The maximum Gasteiger partial charge on any atom is 0.137 e. The first-order valence-electron chi connectivity index (χ1n) is 10.1. The molecule has 1 fully saturated rings. The van der Waals surface area contributed by atoms with E-state index in [0.29, 0.717) is 12.8 Å². The molecular formula is C25H26N2O. The monoisotopic (exact) mass is 370 g/mol. The average molecular weight is 370 g/mol. The van der Waals surface area contributed by atoms with Gasteiger partial charge in [-0.25, -0.2) is 0 Å². The van der Waals surface area contributed by atoms with E-state index in [1.54, 1.807) is 0 Å². The van der Waals surface area contributed by atoms with Crippen molar-refractivity contribution < 1.29 is 4.79 Å². The predicted octanol–water partition coefficient (Wildman–Crippen LogP) is 4.64. The maximum absolute atomic E-state index is 13.0. The fourth-order valence-electron chi connectivity index (χ4n) is 4.45. The number of rotatable bonds is 5. The first-order valence-corrected chi connectivity index (χ1v) is 10.1. The number of benzene rings is 2. The van der Waals surface area contributed by atoms with Crippen LogP contribution in [0.4, 0.5) is 0 Å². The summed E-state index contributed by atoms with van der Waals surface area (Å²) < 4.78 is 0. The Morgan fingerprint density at radius 3 is 2.54 bits per heavy atom. The van der Waals surface area contributed by atoms with Crippen LogP contribution in [-0.4, -0.2) is 23.8 Å². The molecule has 0 saturated carbocycles. The highest BCUT2D eigenvalue weighted by molar-refractivity contribution is 5.83. The van der Waals surface area contributed by atoms with Gasteiger partial charge in [-0.05, 0) is 49.0 Å². The van der Waals surface area contributed by atoms with Gasteiger partial charge in [-0.15, -0.1) is 0 Å². The fourth-order valence-corrected chi connectivity index (χ4v) is 4.45. The smallest absolute Gasteiger partial charge is 0.137 e.